The average molecular weight is 438 g/mol. The van der Waals surface area contributed by atoms with Gasteiger partial charge in [0.2, 0.25) is 17.7 Å². The highest BCUT2D eigenvalue weighted by molar-refractivity contribution is 5.93. The summed E-state index contributed by atoms with van der Waals surface area (Å²) in [5.74, 6) is -3.65. The maximum Gasteiger partial charge on any atom is 0.326 e. The van der Waals surface area contributed by atoms with Gasteiger partial charge in [0.15, 0.2) is 0 Å². The Morgan fingerprint density at radius 2 is 1.58 bits per heavy atom. The fraction of sp³-hybridized carbons (Fsp3) is 0.500. The highest BCUT2D eigenvalue weighted by Gasteiger charge is 2.29. The van der Waals surface area contributed by atoms with Crippen LogP contribution in [0.4, 0.5) is 0 Å². The number of carboxylic acids is 1. The number of nitrogens with two attached hydrogens (primary N) is 1. The number of aromatic hydroxyl groups is 1. The standard InChI is InChI=1S/C20H30N4O7/c1-10(2)16(21)18(28)24-17(11(3)25)19(29)22-9-15(27)23-14(20(30)31)8-12-4-6-13(26)7-5-12/h4-7,10-11,14,16-17,25-26H,8-9,21H2,1-3H3,(H,22,29)(H,23,27)(H,24,28)(H,30,31). The van der Waals surface area contributed by atoms with E-state index in [0.717, 1.165) is 0 Å². The van der Waals surface area contributed by atoms with Crippen LogP contribution in [0.5, 0.6) is 5.75 Å². The van der Waals surface area contributed by atoms with E-state index in [-0.39, 0.29) is 18.1 Å². The molecule has 0 aliphatic heterocycles. The van der Waals surface area contributed by atoms with Crippen molar-refractivity contribution >= 4 is 23.7 Å². The number of benzene rings is 1. The zero-order valence-electron chi connectivity index (χ0n) is 17.7. The molecule has 0 bridgehead atoms. The van der Waals surface area contributed by atoms with E-state index in [0.29, 0.717) is 5.56 Å². The summed E-state index contributed by atoms with van der Waals surface area (Å²) >= 11 is 0. The van der Waals surface area contributed by atoms with E-state index in [4.69, 9.17) is 5.73 Å². The predicted molar refractivity (Wildman–Crippen MR) is 111 cm³/mol. The van der Waals surface area contributed by atoms with Crippen molar-refractivity contribution in [2.45, 2.75) is 51.4 Å². The van der Waals surface area contributed by atoms with Crippen molar-refractivity contribution in [1.82, 2.24) is 16.0 Å². The van der Waals surface area contributed by atoms with Crippen LogP contribution in [-0.2, 0) is 25.6 Å². The van der Waals surface area contributed by atoms with Crippen LogP contribution in [0.25, 0.3) is 0 Å². The molecule has 0 heterocycles. The molecule has 1 rings (SSSR count). The number of carbonyl (C=O) groups is 4. The van der Waals surface area contributed by atoms with Crippen LogP contribution in [0.1, 0.15) is 26.3 Å². The minimum atomic E-state index is -1.34. The Bertz CT molecular complexity index is 780. The van der Waals surface area contributed by atoms with Crippen molar-refractivity contribution in [2.75, 3.05) is 6.54 Å². The molecule has 0 radical (unpaired) electrons. The summed E-state index contributed by atoms with van der Waals surface area (Å²) < 4.78 is 0. The van der Waals surface area contributed by atoms with Crippen molar-refractivity contribution in [3.05, 3.63) is 29.8 Å². The zero-order chi connectivity index (χ0) is 23.7. The first-order valence-electron chi connectivity index (χ1n) is 9.74. The van der Waals surface area contributed by atoms with Gasteiger partial charge in [0.05, 0.1) is 18.7 Å². The molecule has 0 aliphatic rings. The zero-order valence-corrected chi connectivity index (χ0v) is 17.7. The number of carboxylic acid groups (broad SMARTS) is 1. The average Bonchev–Trinajstić information content (AvgIpc) is 2.70. The number of amides is 3. The second-order valence-corrected chi connectivity index (χ2v) is 7.54. The predicted octanol–water partition coefficient (Wildman–Crippen LogP) is -1.53. The number of nitrogens with one attached hydrogen (secondary N) is 3. The minimum Gasteiger partial charge on any atom is -0.508 e. The van der Waals surface area contributed by atoms with Gasteiger partial charge < -0.3 is 37.0 Å². The SMILES string of the molecule is CC(C)C(N)C(=O)NC(C(=O)NCC(=O)NC(Cc1ccc(O)cc1)C(=O)O)C(C)O. The van der Waals surface area contributed by atoms with Gasteiger partial charge in [-0.2, -0.15) is 0 Å². The van der Waals surface area contributed by atoms with E-state index in [1.807, 2.05) is 0 Å². The van der Waals surface area contributed by atoms with Gasteiger partial charge in [0, 0.05) is 6.42 Å². The molecule has 11 nitrogen and oxygen atoms in total. The van der Waals surface area contributed by atoms with E-state index in [1.165, 1.54) is 31.2 Å². The number of phenolic OH excluding ortho intramolecular Hbond substituents is 1. The molecule has 0 aliphatic carbocycles. The summed E-state index contributed by atoms with van der Waals surface area (Å²) in [5, 5.41) is 35.3. The smallest absolute Gasteiger partial charge is 0.326 e. The minimum absolute atomic E-state index is 0.0245. The lowest BCUT2D eigenvalue weighted by atomic mass is 10.0. The molecule has 4 atom stereocenters. The van der Waals surface area contributed by atoms with Gasteiger partial charge in [-0.3, -0.25) is 14.4 Å². The topological polar surface area (TPSA) is 191 Å². The number of aliphatic carboxylic acids is 1. The number of aliphatic hydroxyl groups is 1. The maximum absolute atomic E-state index is 12.3. The number of hydrogen-bond acceptors (Lipinski definition) is 7. The molecule has 1 aromatic carbocycles. The Labute approximate surface area is 180 Å². The molecule has 0 spiro atoms. The molecule has 11 heteroatoms. The van der Waals surface area contributed by atoms with Crippen molar-refractivity contribution in [3.8, 4) is 5.75 Å². The van der Waals surface area contributed by atoms with Gasteiger partial charge in [-0.05, 0) is 30.5 Å². The Kier molecular flexibility index (Phi) is 9.90. The van der Waals surface area contributed by atoms with E-state index < -0.39 is 54.5 Å². The van der Waals surface area contributed by atoms with Gasteiger partial charge in [-0.25, -0.2) is 4.79 Å². The summed E-state index contributed by atoms with van der Waals surface area (Å²) in [7, 11) is 0. The van der Waals surface area contributed by atoms with E-state index in [2.05, 4.69) is 16.0 Å². The first-order valence-corrected chi connectivity index (χ1v) is 9.74. The van der Waals surface area contributed by atoms with Crippen LogP contribution in [0.2, 0.25) is 0 Å². The van der Waals surface area contributed by atoms with Crippen molar-refractivity contribution in [3.63, 3.8) is 0 Å². The van der Waals surface area contributed by atoms with Gasteiger partial charge in [0.1, 0.15) is 17.8 Å². The largest absolute Gasteiger partial charge is 0.508 e. The van der Waals surface area contributed by atoms with Crippen molar-refractivity contribution < 1.29 is 34.5 Å². The fourth-order valence-electron chi connectivity index (χ4n) is 2.55. The third-order valence-electron chi connectivity index (χ3n) is 4.52. The molecule has 0 fully saturated rings. The van der Waals surface area contributed by atoms with Gasteiger partial charge >= 0.3 is 5.97 Å². The molecule has 1 aromatic rings. The van der Waals surface area contributed by atoms with Crippen molar-refractivity contribution in [2.24, 2.45) is 11.7 Å². The third-order valence-corrected chi connectivity index (χ3v) is 4.52. The van der Waals surface area contributed by atoms with Gasteiger partial charge in [-0.15, -0.1) is 0 Å². The highest BCUT2D eigenvalue weighted by Crippen LogP contribution is 2.11. The quantitative estimate of drug-likeness (QED) is 0.216. The third kappa shape index (κ3) is 8.60. The molecule has 3 amide bonds. The van der Waals surface area contributed by atoms with Gasteiger partial charge in [0.25, 0.3) is 0 Å². The molecular weight excluding hydrogens is 408 g/mol. The van der Waals surface area contributed by atoms with Crippen LogP contribution >= 0.6 is 0 Å². The van der Waals surface area contributed by atoms with Crippen LogP contribution in [0.3, 0.4) is 0 Å². The number of aliphatic hydroxyl groups excluding tert-OH is 1. The first kappa shape index (κ1) is 25.9. The number of carbonyl (C=O) groups excluding carboxylic acids is 3. The van der Waals surface area contributed by atoms with Crippen LogP contribution < -0.4 is 21.7 Å². The molecule has 0 saturated carbocycles. The van der Waals surface area contributed by atoms with Crippen LogP contribution in [-0.4, -0.2) is 69.8 Å². The van der Waals surface area contributed by atoms with E-state index in [1.54, 1.807) is 13.8 Å². The second kappa shape index (κ2) is 11.9. The highest BCUT2D eigenvalue weighted by atomic mass is 16.4. The lowest BCUT2D eigenvalue weighted by molar-refractivity contribution is -0.141. The summed E-state index contributed by atoms with van der Waals surface area (Å²) in [6.07, 6.45) is -1.29. The second-order valence-electron chi connectivity index (χ2n) is 7.54. The molecular formula is C20H30N4O7. The first-order chi connectivity index (χ1) is 14.4. The Morgan fingerprint density at radius 3 is 2.06 bits per heavy atom. The number of rotatable bonds is 11. The molecule has 4 unspecified atom stereocenters. The Balaban J connectivity index is 2.66. The summed E-state index contributed by atoms with van der Waals surface area (Å²) in [4.78, 5) is 47.9. The lowest BCUT2D eigenvalue weighted by Crippen LogP contribution is -2.57. The Morgan fingerprint density at radius 1 is 1.00 bits per heavy atom. The Hall–Kier alpha value is -3.18. The summed E-state index contributed by atoms with van der Waals surface area (Å²) in [5.41, 5.74) is 6.30. The summed E-state index contributed by atoms with van der Waals surface area (Å²) in [6.45, 7) is 4.18. The van der Waals surface area contributed by atoms with E-state index >= 15 is 0 Å². The van der Waals surface area contributed by atoms with Crippen molar-refractivity contribution in [1.29, 1.82) is 0 Å². The normalized spacial score (nSPS) is 14.8. The summed E-state index contributed by atoms with van der Waals surface area (Å²) in [6, 6.07) is 2.36. The molecule has 0 aromatic heterocycles. The van der Waals surface area contributed by atoms with Crippen LogP contribution in [0, 0.1) is 5.92 Å². The molecule has 31 heavy (non-hydrogen) atoms. The fourth-order valence-corrected chi connectivity index (χ4v) is 2.55. The lowest BCUT2D eigenvalue weighted by Gasteiger charge is -2.24. The molecule has 8 N–H and O–H groups in total. The van der Waals surface area contributed by atoms with E-state index in [9.17, 15) is 34.5 Å². The molecule has 172 valence electrons. The van der Waals surface area contributed by atoms with Gasteiger partial charge in [-0.1, -0.05) is 26.0 Å². The number of hydrogen-bond donors (Lipinski definition) is 7. The number of phenols is 1. The molecule has 0 saturated heterocycles. The van der Waals surface area contributed by atoms with Crippen LogP contribution in [0.15, 0.2) is 24.3 Å². The monoisotopic (exact) mass is 438 g/mol. The maximum atomic E-state index is 12.3.